The average molecular weight is 286 g/mol. The Labute approximate surface area is 122 Å². The molecule has 3 rings (SSSR count). The fourth-order valence-corrected chi connectivity index (χ4v) is 3.07. The van der Waals surface area contributed by atoms with Gasteiger partial charge in [-0.3, -0.25) is 0 Å². The number of rotatable bonds is 5. The van der Waals surface area contributed by atoms with Crippen molar-refractivity contribution in [2.75, 3.05) is 11.9 Å². The Morgan fingerprint density at radius 3 is 2.90 bits per heavy atom. The van der Waals surface area contributed by atoms with Crippen LogP contribution in [0.25, 0.3) is 22.4 Å². The molecule has 1 N–H and O–H groups in total. The van der Waals surface area contributed by atoms with Gasteiger partial charge in [0.1, 0.15) is 11.3 Å². The van der Waals surface area contributed by atoms with Crippen LogP contribution >= 0.6 is 11.3 Å². The van der Waals surface area contributed by atoms with E-state index in [4.69, 9.17) is 4.42 Å². The number of aryl methyl sites for hydroxylation is 1. The summed E-state index contributed by atoms with van der Waals surface area (Å²) >= 11 is 1.63. The van der Waals surface area contributed by atoms with Crippen LogP contribution < -0.4 is 5.32 Å². The number of hydrogen-bond donors (Lipinski definition) is 1. The maximum Gasteiger partial charge on any atom is 0.183 e. The number of hydrogen-bond acceptors (Lipinski definition) is 4. The molecule has 0 fully saturated rings. The molecule has 0 spiro atoms. The molecule has 104 valence electrons. The fraction of sp³-hybridized carbons (Fsp3) is 0.312. The van der Waals surface area contributed by atoms with Gasteiger partial charge in [-0.15, -0.1) is 11.3 Å². The zero-order valence-electron chi connectivity index (χ0n) is 11.8. The van der Waals surface area contributed by atoms with Crippen LogP contribution in [-0.4, -0.2) is 11.5 Å². The van der Waals surface area contributed by atoms with E-state index in [1.165, 1.54) is 10.9 Å². The topological polar surface area (TPSA) is 38.1 Å². The minimum Gasteiger partial charge on any atom is -0.454 e. The van der Waals surface area contributed by atoms with Crippen molar-refractivity contribution in [2.45, 2.75) is 26.7 Å². The first kappa shape index (κ1) is 13.2. The van der Waals surface area contributed by atoms with Crippen molar-refractivity contribution in [3.63, 3.8) is 0 Å². The van der Waals surface area contributed by atoms with Gasteiger partial charge in [0.25, 0.3) is 0 Å². The summed E-state index contributed by atoms with van der Waals surface area (Å²) in [7, 11) is 0. The Bertz CT molecular complexity index is 714. The van der Waals surface area contributed by atoms with E-state index in [-0.39, 0.29) is 0 Å². The highest BCUT2D eigenvalue weighted by Crippen LogP contribution is 2.35. The van der Waals surface area contributed by atoms with Gasteiger partial charge >= 0.3 is 0 Å². The maximum atomic E-state index is 6.01. The highest BCUT2D eigenvalue weighted by molar-refractivity contribution is 7.14. The predicted molar refractivity (Wildman–Crippen MR) is 85.5 cm³/mol. The van der Waals surface area contributed by atoms with Gasteiger partial charge in [-0.2, -0.15) is 0 Å². The minimum atomic E-state index is 0.912. The molecule has 4 heteroatoms. The smallest absolute Gasteiger partial charge is 0.183 e. The molecule has 0 radical (unpaired) electrons. The van der Waals surface area contributed by atoms with Crippen LogP contribution in [0.5, 0.6) is 0 Å². The molecule has 1 aromatic carbocycles. The van der Waals surface area contributed by atoms with E-state index < -0.39 is 0 Å². The lowest BCUT2D eigenvalue weighted by Crippen LogP contribution is -1.98. The van der Waals surface area contributed by atoms with Gasteiger partial charge in [-0.1, -0.05) is 32.0 Å². The molecule has 0 amide bonds. The van der Waals surface area contributed by atoms with E-state index in [1.807, 2.05) is 12.1 Å². The van der Waals surface area contributed by atoms with Crippen LogP contribution in [0.4, 0.5) is 5.13 Å². The monoisotopic (exact) mass is 286 g/mol. The zero-order chi connectivity index (χ0) is 13.9. The molecule has 0 aliphatic heterocycles. The van der Waals surface area contributed by atoms with Gasteiger partial charge < -0.3 is 9.73 Å². The number of nitrogens with zero attached hydrogens (tertiary/aromatic N) is 1. The van der Waals surface area contributed by atoms with Crippen molar-refractivity contribution < 1.29 is 4.42 Å². The lowest BCUT2D eigenvalue weighted by Gasteiger charge is -1.98. The number of fused-ring (bicyclic) bond motifs is 1. The number of aromatic nitrogens is 1. The number of thiazole rings is 1. The van der Waals surface area contributed by atoms with Crippen LogP contribution in [0.2, 0.25) is 0 Å². The van der Waals surface area contributed by atoms with E-state index >= 15 is 0 Å². The van der Waals surface area contributed by atoms with Crippen LogP contribution in [0, 0.1) is 0 Å². The lowest BCUT2D eigenvalue weighted by atomic mass is 10.1. The summed E-state index contributed by atoms with van der Waals surface area (Å²) in [6, 6.07) is 8.19. The second-order valence-electron chi connectivity index (χ2n) is 4.72. The summed E-state index contributed by atoms with van der Waals surface area (Å²) in [6.45, 7) is 5.26. The van der Waals surface area contributed by atoms with Gasteiger partial charge in [0.15, 0.2) is 10.9 Å². The van der Waals surface area contributed by atoms with E-state index in [0.717, 1.165) is 41.6 Å². The summed E-state index contributed by atoms with van der Waals surface area (Å²) < 4.78 is 6.01. The third-order valence-electron chi connectivity index (χ3n) is 3.31. The van der Waals surface area contributed by atoms with Crippen LogP contribution in [-0.2, 0) is 6.42 Å². The predicted octanol–water partition coefficient (Wildman–Crippen LogP) is 4.94. The van der Waals surface area contributed by atoms with Gasteiger partial charge in [-0.25, -0.2) is 4.98 Å². The van der Waals surface area contributed by atoms with E-state index in [9.17, 15) is 0 Å². The van der Waals surface area contributed by atoms with Crippen molar-refractivity contribution in [3.05, 3.63) is 35.2 Å². The number of furan rings is 1. The first-order valence-corrected chi connectivity index (χ1v) is 7.91. The molecule has 0 saturated heterocycles. The van der Waals surface area contributed by atoms with Crippen LogP contribution in [0.15, 0.2) is 34.1 Å². The molecule has 0 saturated carbocycles. The summed E-state index contributed by atoms with van der Waals surface area (Å²) in [4.78, 5) is 4.64. The van der Waals surface area contributed by atoms with Gasteiger partial charge in [0.05, 0.1) is 0 Å². The molecular weight excluding hydrogens is 268 g/mol. The number of anilines is 1. The highest BCUT2D eigenvalue weighted by atomic mass is 32.1. The zero-order valence-corrected chi connectivity index (χ0v) is 12.6. The maximum absolute atomic E-state index is 6.01. The standard InChI is InChI=1S/C16H18N2OS/c1-3-9-17-16-18-13(10-20-16)15-11(4-2)12-7-5-6-8-14(12)19-15/h5-8,10H,3-4,9H2,1-2H3,(H,17,18). The Hall–Kier alpha value is -1.81. The Balaban J connectivity index is 2.02. The summed E-state index contributed by atoms with van der Waals surface area (Å²) in [5, 5.41) is 7.54. The summed E-state index contributed by atoms with van der Waals surface area (Å²) in [5.41, 5.74) is 3.12. The second-order valence-corrected chi connectivity index (χ2v) is 5.58. The molecule has 3 aromatic rings. The molecule has 20 heavy (non-hydrogen) atoms. The third kappa shape index (κ3) is 2.31. The Morgan fingerprint density at radius 2 is 2.10 bits per heavy atom. The van der Waals surface area contributed by atoms with Crippen molar-refractivity contribution in [3.8, 4) is 11.5 Å². The fourth-order valence-electron chi connectivity index (χ4n) is 2.35. The number of para-hydroxylation sites is 1. The number of benzene rings is 1. The van der Waals surface area contributed by atoms with Gasteiger partial charge in [0.2, 0.25) is 0 Å². The largest absolute Gasteiger partial charge is 0.454 e. The second kappa shape index (κ2) is 5.67. The summed E-state index contributed by atoms with van der Waals surface area (Å²) in [5.74, 6) is 0.912. The van der Waals surface area contributed by atoms with E-state index in [2.05, 4.69) is 41.7 Å². The van der Waals surface area contributed by atoms with Crippen LogP contribution in [0.3, 0.4) is 0 Å². The number of nitrogens with one attached hydrogen (secondary N) is 1. The Kier molecular flexibility index (Phi) is 3.74. The molecule has 0 aliphatic carbocycles. The van der Waals surface area contributed by atoms with E-state index in [0.29, 0.717) is 0 Å². The first-order chi connectivity index (χ1) is 9.83. The van der Waals surface area contributed by atoms with Crippen molar-refractivity contribution in [1.82, 2.24) is 4.98 Å². The molecule has 0 atom stereocenters. The molecule has 2 aromatic heterocycles. The normalized spacial score (nSPS) is 11.1. The van der Waals surface area contributed by atoms with Crippen molar-refractivity contribution >= 4 is 27.4 Å². The highest BCUT2D eigenvalue weighted by Gasteiger charge is 2.16. The van der Waals surface area contributed by atoms with Crippen molar-refractivity contribution in [1.29, 1.82) is 0 Å². The lowest BCUT2D eigenvalue weighted by molar-refractivity contribution is 0.625. The molecule has 0 bridgehead atoms. The van der Waals surface area contributed by atoms with Crippen molar-refractivity contribution in [2.24, 2.45) is 0 Å². The molecule has 3 nitrogen and oxygen atoms in total. The third-order valence-corrected chi connectivity index (χ3v) is 4.11. The quantitative estimate of drug-likeness (QED) is 0.722. The molecule has 2 heterocycles. The molecule has 0 aliphatic rings. The van der Waals surface area contributed by atoms with Crippen LogP contribution in [0.1, 0.15) is 25.8 Å². The van der Waals surface area contributed by atoms with Gasteiger partial charge in [-0.05, 0) is 18.9 Å². The minimum absolute atomic E-state index is 0.912. The molecule has 0 unspecified atom stereocenters. The van der Waals surface area contributed by atoms with Gasteiger partial charge in [0, 0.05) is 22.9 Å². The molecular formula is C16H18N2OS. The average Bonchev–Trinajstić information content (AvgIpc) is 3.08. The SMILES string of the molecule is CCCNc1nc(-c2oc3ccccc3c2CC)cs1. The first-order valence-electron chi connectivity index (χ1n) is 7.03. The Morgan fingerprint density at radius 1 is 1.25 bits per heavy atom. The summed E-state index contributed by atoms with van der Waals surface area (Å²) in [6.07, 6.45) is 2.04. The van der Waals surface area contributed by atoms with E-state index in [1.54, 1.807) is 11.3 Å².